The van der Waals surface area contributed by atoms with Crippen LogP contribution in [-0.4, -0.2) is 15.6 Å². The van der Waals surface area contributed by atoms with Gasteiger partial charge >= 0.3 is 0 Å². The molecular weight excluding hydrogens is 272 g/mol. The van der Waals surface area contributed by atoms with E-state index >= 15 is 0 Å². The molecule has 1 saturated carbocycles. The van der Waals surface area contributed by atoms with Crippen molar-refractivity contribution in [1.82, 2.24) is 9.78 Å². The minimum absolute atomic E-state index is 0.0799. The largest absolute Gasteiger partial charge is 0.299 e. The first kappa shape index (κ1) is 13.7. The molecule has 0 radical (unpaired) electrons. The van der Waals surface area contributed by atoms with Crippen LogP contribution in [0.25, 0.3) is 0 Å². The van der Waals surface area contributed by atoms with Crippen LogP contribution >= 0.6 is 0 Å². The molecule has 0 saturated heterocycles. The highest BCUT2D eigenvalue weighted by molar-refractivity contribution is 5.83. The molecule has 2 aliphatic rings. The third kappa shape index (κ3) is 1.74. The van der Waals surface area contributed by atoms with Gasteiger partial charge in [0.05, 0.1) is 5.69 Å². The molecule has 0 N–H and O–H groups in total. The van der Waals surface area contributed by atoms with Crippen LogP contribution in [0.5, 0.6) is 0 Å². The highest BCUT2D eigenvalue weighted by atomic mass is 16.1. The van der Waals surface area contributed by atoms with E-state index in [1.54, 1.807) is 0 Å². The molecule has 3 heteroatoms. The first-order valence-electron chi connectivity index (χ1n) is 8.24. The van der Waals surface area contributed by atoms with Crippen LogP contribution < -0.4 is 0 Å². The van der Waals surface area contributed by atoms with E-state index in [2.05, 4.69) is 43.5 Å². The number of aromatic nitrogens is 2. The molecule has 0 amide bonds. The molecule has 4 rings (SSSR count). The SMILES string of the molecule is CC1C(=O)CCC2(c3ccccc3)c3nn(C)cc3CCC12. The fourth-order valence-corrected chi connectivity index (χ4v) is 4.81. The highest BCUT2D eigenvalue weighted by Crippen LogP contribution is 2.54. The van der Waals surface area contributed by atoms with Gasteiger partial charge in [0, 0.05) is 31.0 Å². The third-order valence-electron chi connectivity index (χ3n) is 5.85. The van der Waals surface area contributed by atoms with Crippen molar-refractivity contribution in [3.63, 3.8) is 0 Å². The Labute approximate surface area is 131 Å². The number of carbonyl (C=O) groups is 1. The molecule has 0 spiro atoms. The summed E-state index contributed by atoms with van der Waals surface area (Å²) in [6.45, 7) is 2.12. The van der Waals surface area contributed by atoms with Crippen LogP contribution in [0.15, 0.2) is 36.5 Å². The Hall–Kier alpha value is -1.90. The Bertz CT molecular complexity index is 718. The monoisotopic (exact) mass is 294 g/mol. The normalized spacial score (nSPS) is 30.7. The van der Waals surface area contributed by atoms with Crippen LogP contribution in [0.1, 0.15) is 43.0 Å². The van der Waals surface area contributed by atoms with Gasteiger partial charge in [-0.3, -0.25) is 9.48 Å². The maximum atomic E-state index is 12.3. The van der Waals surface area contributed by atoms with Gasteiger partial charge in [0.2, 0.25) is 0 Å². The average Bonchev–Trinajstić information content (AvgIpc) is 2.92. The molecule has 1 aromatic heterocycles. The number of hydrogen-bond donors (Lipinski definition) is 0. The van der Waals surface area contributed by atoms with Crippen LogP contribution in [0.2, 0.25) is 0 Å². The van der Waals surface area contributed by atoms with Crippen LogP contribution in [-0.2, 0) is 23.7 Å². The zero-order valence-corrected chi connectivity index (χ0v) is 13.2. The number of benzene rings is 1. The van der Waals surface area contributed by atoms with E-state index in [0.29, 0.717) is 18.1 Å². The van der Waals surface area contributed by atoms with Crippen molar-refractivity contribution in [3.05, 3.63) is 53.3 Å². The van der Waals surface area contributed by atoms with Gasteiger partial charge in [-0.2, -0.15) is 5.10 Å². The smallest absolute Gasteiger partial charge is 0.136 e. The first-order chi connectivity index (χ1) is 10.6. The number of aryl methyl sites for hydroxylation is 2. The molecule has 3 unspecified atom stereocenters. The zero-order valence-electron chi connectivity index (χ0n) is 13.2. The molecular formula is C19H22N2O. The van der Waals surface area contributed by atoms with E-state index in [0.717, 1.165) is 19.3 Å². The lowest BCUT2D eigenvalue weighted by atomic mass is 9.53. The molecule has 2 aromatic rings. The summed E-state index contributed by atoms with van der Waals surface area (Å²) in [5.74, 6) is 0.929. The minimum Gasteiger partial charge on any atom is -0.299 e. The maximum Gasteiger partial charge on any atom is 0.136 e. The quantitative estimate of drug-likeness (QED) is 0.809. The summed E-state index contributed by atoms with van der Waals surface area (Å²) >= 11 is 0. The average molecular weight is 294 g/mol. The number of fused-ring (bicyclic) bond motifs is 3. The van der Waals surface area contributed by atoms with E-state index in [1.165, 1.54) is 16.8 Å². The molecule has 0 aliphatic heterocycles. The van der Waals surface area contributed by atoms with Gasteiger partial charge in [-0.1, -0.05) is 37.3 Å². The van der Waals surface area contributed by atoms with E-state index in [-0.39, 0.29) is 11.3 Å². The summed E-state index contributed by atoms with van der Waals surface area (Å²) in [5, 5.41) is 4.85. The molecule has 2 aliphatic carbocycles. The zero-order chi connectivity index (χ0) is 15.3. The van der Waals surface area contributed by atoms with Crippen molar-refractivity contribution < 1.29 is 4.79 Å². The Balaban J connectivity index is 1.97. The number of ketones is 1. The lowest BCUT2D eigenvalue weighted by molar-refractivity contribution is -0.128. The molecule has 3 nitrogen and oxygen atoms in total. The molecule has 22 heavy (non-hydrogen) atoms. The number of Topliss-reactive ketones (excluding diaryl/α,β-unsaturated/α-hetero) is 1. The number of rotatable bonds is 1. The van der Waals surface area contributed by atoms with E-state index in [4.69, 9.17) is 5.10 Å². The molecule has 1 aromatic carbocycles. The first-order valence-corrected chi connectivity index (χ1v) is 8.24. The van der Waals surface area contributed by atoms with Crippen LogP contribution in [0.3, 0.4) is 0 Å². The van der Waals surface area contributed by atoms with Crippen LogP contribution in [0.4, 0.5) is 0 Å². The van der Waals surface area contributed by atoms with Gasteiger partial charge in [-0.25, -0.2) is 0 Å². The fourth-order valence-electron chi connectivity index (χ4n) is 4.81. The summed E-state index contributed by atoms with van der Waals surface area (Å²) in [5.41, 5.74) is 3.84. The van der Waals surface area contributed by atoms with Crippen molar-refractivity contribution in [2.45, 2.75) is 38.0 Å². The van der Waals surface area contributed by atoms with Crippen molar-refractivity contribution in [2.24, 2.45) is 18.9 Å². The Kier molecular flexibility index (Phi) is 3.00. The maximum absolute atomic E-state index is 12.3. The predicted octanol–water partition coefficient (Wildman–Crippen LogP) is 3.27. The summed E-state index contributed by atoms with van der Waals surface area (Å²) in [6, 6.07) is 10.7. The molecule has 3 atom stereocenters. The Morgan fingerprint density at radius 2 is 2.00 bits per heavy atom. The number of carbonyl (C=O) groups excluding carboxylic acids is 1. The topological polar surface area (TPSA) is 34.9 Å². The second kappa shape index (κ2) is 4.80. The summed E-state index contributed by atoms with van der Waals surface area (Å²) in [4.78, 5) is 12.3. The minimum atomic E-state index is -0.0799. The molecule has 1 fully saturated rings. The van der Waals surface area contributed by atoms with Gasteiger partial charge < -0.3 is 0 Å². The van der Waals surface area contributed by atoms with Crippen molar-refractivity contribution in [1.29, 1.82) is 0 Å². The van der Waals surface area contributed by atoms with Crippen LogP contribution in [0, 0.1) is 11.8 Å². The van der Waals surface area contributed by atoms with Gasteiger partial charge in [-0.05, 0) is 36.3 Å². The lowest BCUT2D eigenvalue weighted by Gasteiger charge is -2.49. The lowest BCUT2D eigenvalue weighted by Crippen LogP contribution is -2.49. The molecule has 0 bridgehead atoms. The van der Waals surface area contributed by atoms with Crippen molar-refractivity contribution >= 4 is 5.78 Å². The molecule has 1 heterocycles. The number of nitrogens with zero attached hydrogens (tertiary/aromatic N) is 2. The van der Waals surface area contributed by atoms with E-state index in [9.17, 15) is 4.79 Å². The molecule has 114 valence electrons. The van der Waals surface area contributed by atoms with Gasteiger partial charge in [0.25, 0.3) is 0 Å². The summed E-state index contributed by atoms with van der Waals surface area (Å²) in [6.07, 6.45) is 5.86. The van der Waals surface area contributed by atoms with Gasteiger partial charge in [-0.15, -0.1) is 0 Å². The second-order valence-electron chi connectivity index (χ2n) is 6.91. The predicted molar refractivity (Wildman–Crippen MR) is 85.6 cm³/mol. The number of hydrogen-bond acceptors (Lipinski definition) is 2. The standard InChI is InChI=1S/C19H22N2O/c1-13-16-9-8-14-12-21(2)20-18(14)19(16,11-10-17(13)22)15-6-4-3-5-7-15/h3-7,12-13,16H,8-11H2,1-2H3. The van der Waals surface area contributed by atoms with E-state index in [1.807, 2.05) is 11.7 Å². The van der Waals surface area contributed by atoms with Crippen molar-refractivity contribution in [3.8, 4) is 0 Å². The van der Waals surface area contributed by atoms with E-state index < -0.39 is 0 Å². The van der Waals surface area contributed by atoms with Gasteiger partial charge in [0.1, 0.15) is 5.78 Å². The fraction of sp³-hybridized carbons (Fsp3) is 0.474. The summed E-state index contributed by atoms with van der Waals surface area (Å²) in [7, 11) is 2.00. The second-order valence-corrected chi connectivity index (χ2v) is 6.91. The Morgan fingerprint density at radius 3 is 2.77 bits per heavy atom. The van der Waals surface area contributed by atoms with Crippen molar-refractivity contribution in [2.75, 3.05) is 0 Å². The third-order valence-corrected chi connectivity index (χ3v) is 5.85. The highest BCUT2D eigenvalue weighted by Gasteiger charge is 2.53. The Morgan fingerprint density at radius 1 is 1.23 bits per heavy atom. The summed E-state index contributed by atoms with van der Waals surface area (Å²) < 4.78 is 1.94. The van der Waals surface area contributed by atoms with Gasteiger partial charge in [0.15, 0.2) is 0 Å².